The minimum Gasteiger partial charge on any atom is -0.501 e. The zero-order valence-corrected chi connectivity index (χ0v) is 11.6. The highest BCUT2D eigenvalue weighted by Crippen LogP contribution is 2.35. The molecule has 4 heteroatoms. The number of rotatable bonds is 5. The van der Waals surface area contributed by atoms with Crippen LogP contribution in [-0.4, -0.2) is 13.2 Å². The maximum Gasteiger partial charge on any atom is 0.0876 e. The monoisotopic (exact) mass is 271 g/mol. The van der Waals surface area contributed by atoms with Gasteiger partial charge in [0.2, 0.25) is 0 Å². The minimum absolute atomic E-state index is 0.225. The Kier molecular flexibility index (Phi) is 4.89. The van der Waals surface area contributed by atoms with Crippen molar-refractivity contribution in [3.63, 3.8) is 0 Å². The van der Waals surface area contributed by atoms with Gasteiger partial charge in [0, 0.05) is 4.88 Å². The first-order valence-electron chi connectivity index (χ1n) is 6.09. The Morgan fingerprint density at radius 3 is 3.06 bits per heavy atom. The third-order valence-electron chi connectivity index (χ3n) is 2.84. The Bertz CT molecular complexity index is 389. The number of hydrogen-bond acceptors (Lipinski definition) is 3. The van der Waals surface area contributed by atoms with Gasteiger partial charge in [0.05, 0.1) is 23.9 Å². The van der Waals surface area contributed by atoms with Gasteiger partial charge in [0.15, 0.2) is 0 Å². The summed E-state index contributed by atoms with van der Waals surface area (Å²) in [4.78, 5) is 1.21. The summed E-state index contributed by atoms with van der Waals surface area (Å²) in [7, 11) is 0. The lowest BCUT2D eigenvalue weighted by molar-refractivity contribution is 0.219. The Labute approximate surface area is 112 Å². The predicted molar refractivity (Wildman–Crippen MR) is 73.6 cm³/mol. The van der Waals surface area contributed by atoms with Gasteiger partial charge in [-0.05, 0) is 42.8 Å². The summed E-state index contributed by atoms with van der Waals surface area (Å²) in [5.41, 5.74) is 1.31. The van der Waals surface area contributed by atoms with Crippen LogP contribution in [0.1, 0.15) is 37.1 Å². The highest BCUT2D eigenvalue weighted by atomic mass is 35.5. The third-order valence-corrected chi connectivity index (χ3v) is 4.26. The van der Waals surface area contributed by atoms with Crippen molar-refractivity contribution in [2.45, 2.75) is 32.2 Å². The molecular weight excluding hydrogens is 254 g/mol. The summed E-state index contributed by atoms with van der Waals surface area (Å²) in [6, 6.07) is 2.19. The Balaban J connectivity index is 2.18. The third kappa shape index (κ3) is 3.24. The second kappa shape index (κ2) is 6.43. The Morgan fingerprint density at radius 2 is 2.47 bits per heavy atom. The van der Waals surface area contributed by atoms with Crippen LogP contribution in [0.4, 0.5) is 0 Å². The van der Waals surface area contributed by atoms with E-state index in [9.17, 15) is 0 Å². The number of thiophene rings is 1. The largest absolute Gasteiger partial charge is 0.501 e. The molecule has 0 aromatic carbocycles. The molecule has 0 saturated carbocycles. The molecule has 0 saturated heterocycles. The highest BCUT2D eigenvalue weighted by molar-refractivity contribution is 7.10. The summed E-state index contributed by atoms with van der Waals surface area (Å²) in [6.07, 6.45) is 5.22. The van der Waals surface area contributed by atoms with Crippen molar-refractivity contribution in [1.29, 1.82) is 0 Å². The lowest BCUT2D eigenvalue weighted by Gasteiger charge is -2.23. The van der Waals surface area contributed by atoms with Gasteiger partial charge in [-0.25, -0.2) is 0 Å². The minimum atomic E-state index is 0.225. The van der Waals surface area contributed by atoms with E-state index in [4.69, 9.17) is 16.3 Å². The number of nitrogens with one attached hydrogen (secondary N) is 1. The molecule has 17 heavy (non-hydrogen) atoms. The van der Waals surface area contributed by atoms with Gasteiger partial charge in [-0.2, -0.15) is 0 Å². The highest BCUT2D eigenvalue weighted by Gasteiger charge is 2.21. The Morgan fingerprint density at radius 1 is 1.59 bits per heavy atom. The first-order valence-corrected chi connectivity index (χ1v) is 7.35. The van der Waals surface area contributed by atoms with Crippen LogP contribution in [-0.2, 0) is 4.74 Å². The Hall–Kier alpha value is -0.510. The van der Waals surface area contributed by atoms with Crippen molar-refractivity contribution >= 4 is 22.9 Å². The summed E-state index contributed by atoms with van der Waals surface area (Å²) < 4.78 is 5.44. The van der Waals surface area contributed by atoms with Gasteiger partial charge in [0.1, 0.15) is 0 Å². The average Bonchev–Trinajstić information content (AvgIpc) is 2.78. The van der Waals surface area contributed by atoms with Crippen LogP contribution < -0.4 is 5.32 Å². The summed E-state index contributed by atoms with van der Waals surface area (Å²) in [6.45, 7) is 4.00. The number of halogens is 1. The molecule has 0 radical (unpaired) electrons. The van der Waals surface area contributed by atoms with E-state index < -0.39 is 0 Å². The SMILES string of the molecule is CCCNC(C1=COCCC1)c1sccc1Cl. The smallest absolute Gasteiger partial charge is 0.0876 e. The first-order chi connectivity index (χ1) is 8.33. The molecule has 94 valence electrons. The van der Waals surface area contributed by atoms with Gasteiger partial charge < -0.3 is 10.1 Å². The number of hydrogen-bond donors (Lipinski definition) is 1. The second-order valence-corrected chi connectivity index (χ2v) is 5.54. The van der Waals surface area contributed by atoms with Crippen molar-refractivity contribution in [2.75, 3.05) is 13.2 Å². The molecule has 2 nitrogen and oxygen atoms in total. The molecule has 1 N–H and O–H groups in total. The van der Waals surface area contributed by atoms with Crippen LogP contribution in [0, 0.1) is 0 Å². The van der Waals surface area contributed by atoms with E-state index in [-0.39, 0.29) is 6.04 Å². The molecule has 1 aromatic rings. The maximum absolute atomic E-state index is 6.24. The molecule has 0 aliphatic carbocycles. The molecule has 0 fully saturated rings. The summed E-state index contributed by atoms with van der Waals surface area (Å²) >= 11 is 7.95. The molecule has 0 amide bonds. The maximum atomic E-state index is 6.24. The molecule has 2 heterocycles. The van der Waals surface area contributed by atoms with Crippen molar-refractivity contribution in [3.05, 3.63) is 33.2 Å². The van der Waals surface area contributed by atoms with Crippen LogP contribution in [0.2, 0.25) is 5.02 Å². The van der Waals surface area contributed by atoms with Crippen molar-refractivity contribution in [1.82, 2.24) is 5.32 Å². The molecule has 1 aromatic heterocycles. The van der Waals surface area contributed by atoms with Gasteiger partial charge in [-0.3, -0.25) is 0 Å². The fraction of sp³-hybridized carbons (Fsp3) is 0.538. The normalized spacial score (nSPS) is 17.4. The van der Waals surface area contributed by atoms with E-state index in [1.165, 1.54) is 10.5 Å². The van der Waals surface area contributed by atoms with E-state index >= 15 is 0 Å². The van der Waals surface area contributed by atoms with Crippen LogP contribution in [0.5, 0.6) is 0 Å². The van der Waals surface area contributed by atoms with Crippen molar-refractivity contribution in [3.8, 4) is 0 Å². The van der Waals surface area contributed by atoms with E-state index in [1.807, 2.05) is 17.7 Å². The molecule has 1 aliphatic heterocycles. The number of ether oxygens (including phenoxy) is 1. The molecular formula is C13H18ClNOS. The van der Waals surface area contributed by atoms with Crippen molar-refractivity contribution in [2.24, 2.45) is 0 Å². The molecule has 1 atom stereocenters. The quantitative estimate of drug-likeness (QED) is 0.869. The van der Waals surface area contributed by atoms with Gasteiger partial charge in [-0.15, -0.1) is 11.3 Å². The lowest BCUT2D eigenvalue weighted by Crippen LogP contribution is -2.24. The van der Waals surface area contributed by atoms with Crippen molar-refractivity contribution < 1.29 is 4.74 Å². The summed E-state index contributed by atoms with van der Waals surface area (Å²) in [5, 5.41) is 6.46. The average molecular weight is 272 g/mol. The molecule has 1 unspecified atom stereocenters. The van der Waals surface area contributed by atoms with Crippen LogP contribution in [0.3, 0.4) is 0 Å². The van der Waals surface area contributed by atoms with E-state index in [0.29, 0.717) is 0 Å². The van der Waals surface area contributed by atoms with Gasteiger partial charge in [-0.1, -0.05) is 18.5 Å². The summed E-state index contributed by atoms with van der Waals surface area (Å²) in [5.74, 6) is 0. The van der Waals surface area contributed by atoms with E-state index in [0.717, 1.165) is 37.4 Å². The zero-order chi connectivity index (χ0) is 12.1. The lowest BCUT2D eigenvalue weighted by atomic mass is 10.0. The molecule has 1 aliphatic rings. The fourth-order valence-corrected chi connectivity index (χ4v) is 3.27. The fourth-order valence-electron chi connectivity index (χ4n) is 1.99. The molecule has 0 bridgehead atoms. The predicted octanol–water partition coefficient (Wildman–Crippen LogP) is 4.14. The molecule has 2 rings (SSSR count). The first kappa shape index (κ1) is 12.9. The van der Waals surface area contributed by atoms with Crippen LogP contribution in [0.15, 0.2) is 23.3 Å². The van der Waals surface area contributed by atoms with Gasteiger partial charge in [0.25, 0.3) is 0 Å². The van der Waals surface area contributed by atoms with Crippen LogP contribution in [0.25, 0.3) is 0 Å². The van der Waals surface area contributed by atoms with E-state index in [1.54, 1.807) is 11.3 Å². The standard InChI is InChI=1S/C13H18ClNOS/c1-2-6-15-12(10-4-3-7-16-9-10)13-11(14)5-8-17-13/h5,8-9,12,15H,2-4,6-7H2,1H3. The van der Waals surface area contributed by atoms with Crippen LogP contribution >= 0.6 is 22.9 Å². The van der Waals surface area contributed by atoms with Gasteiger partial charge >= 0.3 is 0 Å². The molecule has 0 spiro atoms. The zero-order valence-electron chi connectivity index (χ0n) is 10.0. The topological polar surface area (TPSA) is 21.3 Å². The van der Waals surface area contributed by atoms with E-state index in [2.05, 4.69) is 12.2 Å². The second-order valence-electron chi connectivity index (χ2n) is 4.19.